The van der Waals surface area contributed by atoms with Crippen LogP contribution in [0.15, 0.2) is 48.1 Å². The summed E-state index contributed by atoms with van der Waals surface area (Å²) in [4.78, 5) is 17.3. The highest BCUT2D eigenvalue weighted by Gasteiger charge is 2.13. The van der Waals surface area contributed by atoms with Crippen LogP contribution in [0.3, 0.4) is 0 Å². The minimum absolute atomic E-state index is 0.0318. The zero-order valence-corrected chi connectivity index (χ0v) is 13.3. The number of benzene rings is 1. The summed E-state index contributed by atoms with van der Waals surface area (Å²) in [6.07, 6.45) is 1.43. The van der Waals surface area contributed by atoms with Crippen LogP contribution < -0.4 is 10.1 Å². The summed E-state index contributed by atoms with van der Waals surface area (Å²) in [5, 5.41) is 11.5. The van der Waals surface area contributed by atoms with Gasteiger partial charge in [0.15, 0.2) is 12.4 Å². The van der Waals surface area contributed by atoms with Gasteiger partial charge in [-0.05, 0) is 30.5 Å². The standard InChI is InChI=1S/C16H16N4O2S/c1-11(14-7-4-8-23-14)19-15(21)9-22-13-6-3-2-5-12(13)16-17-10-18-20-16/h2-8,10-11H,9H2,1H3,(H,19,21)(H,17,18,20). The van der Waals surface area contributed by atoms with Crippen LogP contribution in [0.25, 0.3) is 11.4 Å². The van der Waals surface area contributed by atoms with Gasteiger partial charge < -0.3 is 10.1 Å². The summed E-state index contributed by atoms with van der Waals surface area (Å²) < 4.78 is 5.64. The number of ether oxygens (including phenoxy) is 1. The second-order valence-corrected chi connectivity index (χ2v) is 5.90. The van der Waals surface area contributed by atoms with Crippen molar-refractivity contribution in [3.63, 3.8) is 0 Å². The molecule has 0 bridgehead atoms. The number of hydrogen-bond donors (Lipinski definition) is 2. The smallest absolute Gasteiger partial charge is 0.258 e. The lowest BCUT2D eigenvalue weighted by Crippen LogP contribution is -2.30. The largest absolute Gasteiger partial charge is 0.483 e. The van der Waals surface area contributed by atoms with Gasteiger partial charge >= 0.3 is 0 Å². The number of aromatic amines is 1. The van der Waals surface area contributed by atoms with Gasteiger partial charge in [-0.25, -0.2) is 4.98 Å². The van der Waals surface area contributed by atoms with E-state index in [4.69, 9.17) is 4.74 Å². The third-order valence-corrected chi connectivity index (χ3v) is 4.32. The first-order valence-corrected chi connectivity index (χ1v) is 8.02. The van der Waals surface area contributed by atoms with E-state index in [2.05, 4.69) is 20.5 Å². The maximum absolute atomic E-state index is 12.1. The number of carbonyl (C=O) groups excluding carboxylic acids is 1. The third kappa shape index (κ3) is 3.75. The minimum Gasteiger partial charge on any atom is -0.483 e. The van der Waals surface area contributed by atoms with Gasteiger partial charge in [0.05, 0.1) is 11.6 Å². The van der Waals surface area contributed by atoms with Crippen molar-refractivity contribution in [2.45, 2.75) is 13.0 Å². The molecule has 2 heterocycles. The Morgan fingerprint density at radius 1 is 1.35 bits per heavy atom. The van der Waals surface area contributed by atoms with Crippen molar-refractivity contribution in [2.75, 3.05) is 6.61 Å². The van der Waals surface area contributed by atoms with Gasteiger partial charge in [-0.1, -0.05) is 18.2 Å². The van der Waals surface area contributed by atoms with Crippen molar-refractivity contribution in [1.82, 2.24) is 20.5 Å². The molecular weight excluding hydrogens is 312 g/mol. The maximum Gasteiger partial charge on any atom is 0.258 e. The fourth-order valence-electron chi connectivity index (χ4n) is 2.16. The van der Waals surface area contributed by atoms with Gasteiger partial charge in [0.25, 0.3) is 5.91 Å². The molecule has 1 unspecified atom stereocenters. The van der Waals surface area contributed by atoms with Crippen LogP contribution in [-0.2, 0) is 4.79 Å². The van der Waals surface area contributed by atoms with E-state index < -0.39 is 0 Å². The number of nitrogens with zero attached hydrogens (tertiary/aromatic N) is 2. The van der Waals surface area contributed by atoms with E-state index in [1.54, 1.807) is 17.4 Å². The number of nitrogens with one attached hydrogen (secondary N) is 2. The summed E-state index contributed by atoms with van der Waals surface area (Å²) in [7, 11) is 0. The highest BCUT2D eigenvalue weighted by Crippen LogP contribution is 2.26. The van der Waals surface area contributed by atoms with E-state index in [0.717, 1.165) is 10.4 Å². The first kappa shape index (κ1) is 15.2. The van der Waals surface area contributed by atoms with Crippen LogP contribution in [0.2, 0.25) is 0 Å². The average Bonchev–Trinajstić information content (AvgIpc) is 3.26. The van der Waals surface area contributed by atoms with E-state index in [1.807, 2.05) is 42.6 Å². The van der Waals surface area contributed by atoms with Crippen LogP contribution >= 0.6 is 11.3 Å². The molecule has 3 rings (SSSR count). The molecule has 118 valence electrons. The quantitative estimate of drug-likeness (QED) is 0.729. The molecule has 3 aromatic rings. The molecule has 2 N–H and O–H groups in total. The normalized spacial score (nSPS) is 11.9. The van der Waals surface area contributed by atoms with Crippen molar-refractivity contribution in [3.05, 3.63) is 53.0 Å². The topological polar surface area (TPSA) is 79.9 Å². The summed E-state index contributed by atoms with van der Waals surface area (Å²) in [6.45, 7) is 1.90. The summed E-state index contributed by atoms with van der Waals surface area (Å²) in [5.74, 6) is 1.02. The Bertz CT molecular complexity index is 756. The van der Waals surface area contributed by atoms with Crippen molar-refractivity contribution in [1.29, 1.82) is 0 Å². The van der Waals surface area contributed by atoms with Crippen LogP contribution in [0.5, 0.6) is 5.75 Å². The molecule has 1 amide bonds. The van der Waals surface area contributed by atoms with Gasteiger partial charge in [-0.15, -0.1) is 11.3 Å². The molecule has 7 heteroatoms. The summed E-state index contributed by atoms with van der Waals surface area (Å²) >= 11 is 1.61. The van der Waals surface area contributed by atoms with E-state index in [9.17, 15) is 4.79 Å². The number of amides is 1. The summed E-state index contributed by atoms with van der Waals surface area (Å²) in [5.41, 5.74) is 0.768. The van der Waals surface area contributed by atoms with Crippen molar-refractivity contribution < 1.29 is 9.53 Å². The number of aromatic nitrogens is 3. The Balaban J connectivity index is 1.61. The molecule has 0 saturated carbocycles. The van der Waals surface area contributed by atoms with Crippen molar-refractivity contribution in [3.8, 4) is 17.1 Å². The zero-order valence-electron chi connectivity index (χ0n) is 12.5. The lowest BCUT2D eigenvalue weighted by Gasteiger charge is -2.13. The van der Waals surface area contributed by atoms with Gasteiger partial charge in [-0.3, -0.25) is 9.89 Å². The maximum atomic E-state index is 12.1. The molecule has 0 saturated heterocycles. The lowest BCUT2D eigenvalue weighted by molar-refractivity contribution is -0.123. The molecule has 1 aromatic carbocycles. The van der Waals surface area contributed by atoms with Crippen LogP contribution in [0.4, 0.5) is 0 Å². The lowest BCUT2D eigenvalue weighted by atomic mass is 10.2. The van der Waals surface area contributed by atoms with E-state index in [-0.39, 0.29) is 18.6 Å². The Kier molecular flexibility index (Phi) is 4.68. The van der Waals surface area contributed by atoms with Crippen LogP contribution in [0.1, 0.15) is 17.8 Å². The first-order valence-electron chi connectivity index (χ1n) is 7.14. The molecule has 0 radical (unpaired) electrons. The fourth-order valence-corrected chi connectivity index (χ4v) is 2.89. The molecule has 0 fully saturated rings. The number of carbonyl (C=O) groups is 1. The summed E-state index contributed by atoms with van der Waals surface area (Å²) in [6, 6.07) is 11.3. The molecule has 0 spiro atoms. The Labute approximate surface area is 137 Å². The molecule has 0 aliphatic carbocycles. The van der Waals surface area contributed by atoms with E-state index in [1.165, 1.54) is 6.33 Å². The van der Waals surface area contributed by atoms with Gasteiger partial charge in [0.2, 0.25) is 0 Å². The molecule has 1 atom stereocenters. The van der Waals surface area contributed by atoms with Crippen LogP contribution in [0, 0.1) is 0 Å². The molecule has 0 aliphatic heterocycles. The molecule has 0 aliphatic rings. The number of hydrogen-bond acceptors (Lipinski definition) is 5. The van der Waals surface area contributed by atoms with Crippen molar-refractivity contribution >= 4 is 17.2 Å². The molecule has 6 nitrogen and oxygen atoms in total. The van der Waals surface area contributed by atoms with Gasteiger partial charge in [0.1, 0.15) is 12.1 Å². The molecular formula is C16H16N4O2S. The van der Waals surface area contributed by atoms with Gasteiger partial charge in [0, 0.05) is 4.88 Å². The minimum atomic E-state index is -0.168. The zero-order chi connectivity index (χ0) is 16.1. The Morgan fingerprint density at radius 2 is 2.22 bits per heavy atom. The SMILES string of the molecule is CC(NC(=O)COc1ccccc1-c1ncn[nH]1)c1cccs1. The molecule has 2 aromatic heterocycles. The second-order valence-electron chi connectivity index (χ2n) is 4.92. The number of H-pyrrole nitrogens is 1. The predicted molar refractivity (Wildman–Crippen MR) is 88.2 cm³/mol. The van der Waals surface area contributed by atoms with Crippen molar-refractivity contribution in [2.24, 2.45) is 0 Å². The fraction of sp³-hybridized carbons (Fsp3) is 0.188. The average molecular weight is 328 g/mol. The third-order valence-electron chi connectivity index (χ3n) is 3.26. The Hall–Kier alpha value is -2.67. The number of para-hydroxylation sites is 1. The first-order chi connectivity index (χ1) is 11.2. The predicted octanol–water partition coefficient (Wildman–Crippen LogP) is 2.79. The van der Waals surface area contributed by atoms with E-state index >= 15 is 0 Å². The Morgan fingerprint density at radius 3 is 2.96 bits per heavy atom. The highest BCUT2D eigenvalue weighted by molar-refractivity contribution is 7.10. The second kappa shape index (κ2) is 7.06. The van der Waals surface area contributed by atoms with E-state index in [0.29, 0.717) is 11.6 Å². The van der Waals surface area contributed by atoms with Crippen LogP contribution in [-0.4, -0.2) is 27.7 Å². The molecule has 23 heavy (non-hydrogen) atoms. The number of rotatable bonds is 6. The highest BCUT2D eigenvalue weighted by atomic mass is 32.1. The van der Waals surface area contributed by atoms with Gasteiger partial charge in [-0.2, -0.15) is 5.10 Å². The number of thiophene rings is 1. The monoisotopic (exact) mass is 328 g/mol.